The first kappa shape index (κ1) is 10.2. The maximum absolute atomic E-state index is 12.9. The minimum absolute atomic E-state index is 0.165. The molecule has 0 aliphatic heterocycles. The minimum Gasteiger partial charge on any atom is -0.207 e. The van der Waals surface area contributed by atoms with Crippen LogP contribution in [0.5, 0.6) is 0 Å². The van der Waals surface area contributed by atoms with Crippen LogP contribution in [0.2, 0.25) is 0 Å². The van der Waals surface area contributed by atoms with Crippen molar-refractivity contribution < 1.29 is 4.39 Å². The molecule has 1 aromatic rings. The first-order chi connectivity index (χ1) is 6.62. The minimum atomic E-state index is -0.165. The molecule has 1 aliphatic carbocycles. The largest absolute Gasteiger partial charge is 0.207 e. The topological polar surface area (TPSA) is 0 Å². The molecule has 1 aliphatic rings. The molecule has 0 aromatic heterocycles. The van der Waals surface area contributed by atoms with Crippen molar-refractivity contribution in [3.05, 3.63) is 34.1 Å². The molecule has 0 nitrogen and oxygen atoms in total. The molecule has 0 amide bonds. The molecule has 0 radical (unpaired) electrons. The Kier molecular flexibility index (Phi) is 2.65. The molecule has 0 atom stereocenters. The van der Waals surface area contributed by atoms with E-state index < -0.39 is 0 Å². The van der Waals surface area contributed by atoms with Gasteiger partial charge in [-0.15, -0.1) is 0 Å². The van der Waals surface area contributed by atoms with Crippen molar-refractivity contribution >= 4 is 15.9 Å². The second kappa shape index (κ2) is 3.65. The van der Waals surface area contributed by atoms with E-state index in [2.05, 4.69) is 22.9 Å². The summed E-state index contributed by atoms with van der Waals surface area (Å²) >= 11 is 3.45. The van der Waals surface area contributed by atoms with Crippen molar-refractivity contribution in [2.24, 2.45) is 0 Å². The van der Waals surface area contributed by atoms with Crippen LogP contribution >= 0.6 is 15.9 Å². The monoisotopic (exact) mass is 256 g/mol. The van der Waals surface area contributed by atoms with Crippen molar-refractivity contribution in [1.29, 1.82) is 0 Å². The van der Waals surface area contributed by atoms with Gasteiger partial charge < -0.3 is 0 Å². The molecular formula is C12H14BrF. The van der Waals surface area contributed by atoms with Gasteiger partial charge in [-0.25, -0.2) is 4.39 Å². The normalized spacial score (nSPS) is 19.9. The van der Waals surface area contributed by atoms with Crippen molar-refractivity contribution in [3.8, 4) is 0 Å². The number of halogens is 2. The molecule has 0 saturated heterocycles. The van der Waals surface area contributed by atoms with Crippen LogP contribution < -0.4 is 0 Å². The van der Waals surface area contributed by atoms with Gasteiger partial charge in [-0.1, -0.05) is 41.8 Å². The summed E-state index contributed by atoms with van der Waals surface area (Å²) in [4.78, 5) is 0. The van der Waals surface area contributed by atoms with Gasteiger partial charge in [0.1, 0.15) is 5.82 Å². The van der Waals surface area contributed by atoms with E-state index in [0.717, 1.165) is 4.47 Å². The average Bonchev–Trinajstić information content (AvgIpc) is 2.52. The van der Waals surface area contributed by atoms with Gasteiger partial charge in [-0.3, -0.25) is 0 Å². The summed E-state index contributed by atoms with van der Waals surface area (Å²) in [6.45, 7) is 2.28. The highest BCUT2D eigenvalue weighted by molar-refractivity contribution is 9.10. The van der Waals surface area contributed by atoms with E-state index in [-0.39, 0.29) is 11.2 Å². The highest BCUT2D eigenvalue weighted by atomic mass is 79.9. The Hall–Kier alpha value is -0.370. The van der Waals surface area contributed by atoms with Crippen LogP contribution in [0.25, 0.3) is 0 Å². The standard InChI is InChI=1S/C12H14BrF/c1-12(6-2-3-7-12)10-5-4-9(14)8-11(10)13/h4-5,8H,2-3,6-7H2,1H3. The van der Waals surface area contributed by atoms with E-state index in [9.17, 15) is 4.39 Å². The zero-order valence-corrected chi connectivity index (χ0v) is 9.90. The van der Waals surface area contributed by atoms with Crippen molar-refractivity contribution in [2.75, 3.05) is 0 Å². The van der Waals surface area contributed by atoms with Gasteiger partial charge in [0, 0.05) is 4.47 Å². The van der Waals surface area contributed by atoms with E-state index in [1.165, 1.54) is 31.2 Å². The van der Waals surface area contributed by atoms with Crippen LogP contribution in [0.4, 0.5) is 4.39 Å². The van der Waals surface area contributed by atoms with Crippen LogP contribution in [-0.4, -0.2) is 0 Å². The average molecular weight is 257 g/mol. The smallest absolute Gasteiger partial charge is 0.124 e. The van der Waals surface area contributed by atoms with Crippen LogP contribution in [0.3, 0.4) is 0 Å². The van der Waals surface area contributed by atoms with E-state index in [1.807, 2.05) is 6.07 Å². The van der Waals surface area contributed by atoms with Crippen molar-refractivity contribution in [2.45, 2.75) is 38.0 Å². The zero-order valence-electron chi connectivity index (χ0n) is 8.32. The molecule has 1 aromatic carbocycles. The molecule has 0 bridgehead atoms. The first-order valence-electron chi connectivity index (χ1n) is 5.07. The Bertz CT molecular complexity index is 340. The third-order valence-electron chi connectivity index (χ3n) is 3.29. The van der Waals surface area contributed by atoms with Gasteiger partial charge >= 0.3 is 0 Å². The summed E-state index contributed by atoms with van der Waals surface area (Å²) in [5, 5.41) is 0. The second-order valence-corrected chi connectivity index (χ2v) is 5.25. The Morgan fingerprint density at radius 3 is 2.50 bits per heavy atom. The predicted molar refractivity (Wildman–Crippen MR) is 59.9 cm³/mol. The number of hydrogen-bond donors (Lipinski definition) is 0. The summed E-state index contributed by atoms with van der Waals surface area (Å²) in [6, 6.07) is 5.05. The molecule has 0 unspecified atom stereocenters. The van der Waals surface area contributed by atoms with Gasteiger partial charge in [0.2, 0.25) is 0 Å². The van der Waals surface area contributed by atoms with Crippen LogP contribution in [0.15, 0.2) is 22.7 Å². The van der Waals surface area contributed by atoms with Crippen LogP contribution in [0.1, 0.15) is 38.2 Å². The van der Waals surface area contributed by atoms with Gasteiger partial charge in [0.05, 0.1) is 0 Å². The van der Waals surface area contributed by atoms with Crippen molar-refractivity contribution in [1.82, 2.24) is 0 Å². The second-order valence-electron chi connectivity index (χ2n) is 4.39. The fraction of sp³-hybridized carbons (Fsp3) is 0.500. The SMILES string of the molecule is CC1(c2ccc(F)cc2Br)CCCC1. The fourth-order valence-corrected chi connectivity index (χ4v) is 3.23. The molecule has 76 valence electrons. The van der Waals surface area contributed by atoms with Gasteiger partial charge in [-0.2, -0.15) is 0 Å². The maximum atomic E-state index is 12.9. The lowest BCUT2D eigenvalue weighted by atomic mass is 9.81. The lowest BCUT2D eigenvalue weighted by Gasteiger charge is -2.25. The molecule has 0 heterocycles. The number of benzene rings is 1. The number of hydrogen-bond acceptors (Lipinski definition) is 0. The van der Waals surface area contributed by atoms with Crippen molar-refractivity contribution in [3.63, 3.8) is 0 Å². The summed E-state index contributed by atoms with van der Waals surface area (Å²) in [6.07, 6.45) is 5.02. The molecule has 14 heavy (non-hydrogen) atoms. The van der Waals surface area contributed by atoms with E-state index in [0.29, 0.717) is 0 Å². The first-order valence-corrected chi connectivity index (χ1v) is 5.87. The Morgan fingerprint density at radius 1 is 1.29 bits per heavy atom. The quantitative estimate of drug-likeness (QED) is 0.698. The molecule has 1 fully saturated rings. The maximum Gasteiger partial charge on any atom is 0.124 e. The highest BCUT2D eigenvalue weighted by Crippen LogP contribution is 2.43. The van der Waals surface area contributed by atoms with Gasteiger partial charge in [-0.05, 0) is 36.0 Å². The molecule has 0 N–H and O–H groups in total. The molecule has 1 saturated carbocycles. The third kappa shape index (κ3) is 1.72. The molecule has 0 spiro atoms. The van der Waals surface area contributed by atoms with E-state index >= 15 is 0 Å². The van der Waals surface area contributed by atoms with E-state index in [1.54, 1.807) is 12.1 Å². The summed E-state index contributed by atoms with van der Waals surface area (Å²) in [5.41, 5.74) is 1.52. The van der Waals surface area contributed by atoms with Gasteiger partial charge in [0.25, 0.3) is 0 Å². The van der Waals surface area contributed by atoms with Crippen LogP contribution in [0, 0.1) is 5.82 Å². The summed E-state index contributed by atoms with van der Waals surface area (Å²) in [5.74, 6) is -0.165. The fourth-order valence-electron chi connectivity index (χ4n) is 2.40. The summed E-state index contributed by atoms with van der Waals surface area (Å²) in [7, 11) is 0. The zero-order chi connectivity index (χ0) is 10.2. The van der Waals surface area contributed by atoms with Crippen LogP contribution in [-0.2, 0) is 5.41 Å². The molecule has 2 heteroatoms. The Labute approximate surface area is 92.6 Å². The predicted octanol–water partition coefficient (Wildman–Crippen LogP) is 4.42. The lowest BCUT2D eigenvalue weighted by molar-refractivity contribution is 0.487. The lowest BCUT2D eigenvalue weighted by Crippen LogP contribution is -2.17. The highest BCUT2D eigenvalue weighted by Gasteiger charge is 2.31. The number of rotatable bonds is 1. The molecule has 2 rings (SSSR count). The molecular weight excluding hydrogens is 243 g/mol. The van der Waals surface area contributed by atoms with Gasteiger partial charge in [0.15, 0.2) is 0 Å². The third-order valence-corrected chi connectivity index (χ3v) is 3.94. The Morgan fingerprint density at radius 2 is 1.93 bits per heavy atom. The Balaban J connectivity index is 2.40. The summed E-state index contributed by atoms with van der Waals surface area (Å²) < 4.78 is 13.8. The van der Waals surface area contributed by atoms with E-state index in [4.69, 9.17) is 0 Å².